The van der Waals surface area contributed by atoms with Crippen molar-refractivity contribution >= 4 is 11.7 Å². The molecule has 0 aromatic heterocycles. The van der Waals surface area contributed by atoms with E-state index in [1.54, 1.807) is 12.1 Å². The minimum atomic E-state index is -0.761. The summed E-state index contributed by atoms with van der Waals surface area (Å²) < 4.78 is 17.2. The third-order valence-corrected chi connectivity index (χ3v) is 5.93. The van der Waals surface area contributed by atoms with E-state index in [2.05, 4.69) is 13.0 Å². The summed E-state index contributed by atoms with van der Waals surface area (Å²) in [7, 11) is 0. The van der Waals surface area contributed by atoms with E-state index >= 15 is 0 Å². The van der Waals surface area contributed by atoms with Crippen molar-refractivity contribution in [3.63, 3.8) is 0 Å². The van der Waals surface area contributed by atoms with Crippen molar-refractivity contribution in [3.8, 4) is 23.3 Å². The van der Waals surface area contributed by atoms with Crippen LogP contribution < -0.4 is 19.9 Å². The molecule has 4 rings (SSSR count). The number of carbonyl (C=O) groups excluding carboxylic acids is 1. The van der Waals surface area contributed by atoms with E-state index in [0.29, 0.717) is 23.7 Å². The van der Waals surface area contributed by atoms with Crippen LogP contribution in [0.4, 0.5) is 5.69 Å². The Bertz CT molecular complexity index is 1410. The fraction of sp³-hybridized carbons (Fsp3) is 0.214. The molecule has 1 heterocycles. The maximum Gasteiger partial charge on any atom is 0.343 e. The van der Waals surface area contributed by atoms with Gasteiger partial charge in [-0.15, -0.1) is 0 Å². The number of fused-ring (bicyclic) bond motifs is 1. The lowest BCUT2D eigenvalue weighted by atomic mass is 9.83. The van der Waals surface area contributed by atoms with Crippen molar-refractivity contribution in [2.24, 2.45) is 5.73 Å². The summed E-state index contributed by atoms with van der Waals surface area (Å²) in [4.78, 5) is 23.1. The molecular formula is C28H25N3O6. The maximum atomic E-state index is 12.6. The third kappa shape index (κ3) is 5.54. The van der Waals surface area contributed by atoms with Gasteiger partial charge in [0.1, 0.15) is 28.9 Å². The number of ether oxygens (including phenoxy) is 3. The summed E-state index contributed by atoms with van der Waals surface area (Å²) in [5, 5.41) is 20.9. The fourth-order valence-electron chi connectivity index (χ4n) is 4.12. The first-order valence-corrected chi connectivity index (χ1v) is 11.8. The van der Waals surface area contributed by atoms with Crippen LogP contribution in [0.3, 0.4) is 0 Å². The molecule has 3 aromatic carbocycles. The highest BCUT2D eigenvalue weighted by atomic mass is 16.6. The molecule has 188 valence electrons. The van der Waals surface area contributed by atoms with Crippen molar-refractivity contribution < 1.29 is 23.9 Å². The molecule has 1 atom stereocenters. The third-order valence-electron chi connectivity index (χ3n) is 5.93. The number of non-ortho nitro benzene ring substituents is 1. The van der Waals surface area contributed by atoms with Gasteiger partial charge in [-0.05, 0) is 24.6 Å². The van der Waals surface area contributed by atoms with Crippen LogP contribution >= 0.6 is 0 Å². The van der Waals surface area contributed by atoms with Gasteiger partial charge in [-0.2, -0.15) is 5.26 Å². The Hall–Kier alpha value is -4.84. The maximum absolute atomic E-state index is 12.6. The van der Waals surface area contributed by atoms with Gasteiger partial charge in [0, 0.05) is 29.3 Å². The molecule has 1 aliphatic heterocycles. The summed E-state index contributed by atoms with van der Waals surface area (Å²) >= 11 is 0. The number of rotatable bonds is 9. The Labute approximate surface area is 213 Å². The van der Waals surface area contributed by atoms with Gasteiger partial charge in [0.25, 0.3) is 5.69 Å². The van der Waals surface area contributed by atoms with Gasteiger partial charge in [0.05, 0.1) is 23.0 Å². The minimum absolute atomic E-state index is 0.0334. The Kier molecular flexibility index (Phi) is 7.69. The summed E-state index contributed by atoms with van der Waals surface area (Å²) in [6.07, 6.45) is 3.04. The van der Waals surface area contributed by atoms with Crippen LogP contribution in [0, 0.1) is 21.4 Å². The van der Waals surface area contributed by atoms with Crippen LogP contribution in [-0.2, 0) is 0 Å². The fourth-order valence-corrected chi connectivity index (χ4v) is 4.12. The SMILES string of the molecule is CCCCCOc1ccccc1C1C(C#N)=C(N)Oc2cc(OC(=O)c3cccc([N+](=O)[O-])c3)ccc21. The van der Waals surface area contributed by atoms with Gasteiger partial charge in [0.2, 0.25) is 5.88 Å². The van der Waals surface area contributed by atoms with Gasteiger partial charge in [0.15, 0.2) is 0 Å². The molecule has 9 heteroatoms. The monoisotopic (exact) mass is 499 g/mol. The number of hydrogen-bond donors (Lipinski definition) is 1. The lowest BCUT2D eigenvalue weighted by molar-refractivity contribution is -0.384. The molecule has 0 aliphatic carbocycles. The number of nitro groups is 1. The van der Waals surface area contributed by atoms with Crippen LogP contribution in [0.15, 0.2) is 78.2 Å². The number of unbranched alkanes of at least 4 members (excludes halogenated alkanes) is 2. The van der Waals surface area contributed by atoms with Gasteiger partial charge >= 0.3 is 5.97 Å². The quantitative estimate of drug-likeness (QED) is 0.132. The summed E-state index contributed by atoms with van der Waals surface area (Å²) in [6, 6.07) is 19.7. The van der Waals surface area contributed by atoms with Crippen molar-refractivity contribution in [2.45, 2.75) is 32.1 Å². The van der Waals surface area contributed by atoms with Crippen molar-refractivity contribution in [3.05, 3.63) is 105 Å². The van der Waals surface area contributed by atoms with Gasteiger partial charge in [-0.3, -0.25) is 10.1 Å². The molecule has 0 fully saturated rings. The number of nitro benzene ring substituents is 1. The normalized spacial score (nSPS) is 14.2. The highest BCUT2D eigenvalue weighted by molar-refractivity contribution is 5.91. The zero-order valence-corrected chi connectivity index (χ0v) is 20.2. The van der Waals surface area contributed by atoms with Gasteiger partial charge in [-0.25, -0.2) is 4.79 Å². The molecule has 2 N–H and O–H groups in total. The van der Waals surface area contributed by atoms with Gasteiger partial charge in [-0.1, -0.05) is 50.1 Å². The number of nitrogens with zero attached hydrogens (tertiary/aromatic N) is 2. The molecule has 0 saturated carbocycles. The summed E-state index contributed by atoms with van der Waals surface area (Å²) in [5.41, 5.74) is 7.62. The Balaban J connectivity index is 1.65. The van der Waals surface area contributed by atoms with E-state index in [9.17, 15) is 20.2 Å². The number of hydrogen-bond acceptors (Lipinski definition) is 8. The highest BCUT2D eigenvalue weighted by Crippen LogP contribution is 2.46. The lowest BCUT2D eigenvalue weighted by Crippen LogP contribution is -2.21. The molecule has 1 aliphatic rings. The molecule has 0 saturated heterocycles. The first-order chi connectivity index (χ1) is 17.9. The molecule has 1 unspecified atom stereocenters. The largest absolute Gasteiger partial charge is 0.493 e. The molecule has 0 spiro atoms. The summed E-state index contributed by atoms with van der Waals surface area (Å²) in [6.45, 7) is 2.67. The molecule has 0 radical (unpaired) electrons. The molecule has 0 amide bonds. The Morgan fingerprint density at radius 3 is 2.68 bits per heavy atom. The van der Waals surface area contributed by atoms with Gasteiger partial charge < -0.3 is 19.9 Å². The zero-order valence-electron chi connectivity index (χ0n) is 20.2. The Morgan fingerprint density at radius 2 is 1.92 bits per heavy atom. The van der Waals surface area contributed by atoms with E-state index in [1.807, 2.05) is 24.3 Å². The smallest absolute Gasteiger partial charge is 0.343 e. The highest BCUT2D eigenvalue weighted by Gasteiger charge is 2.33. The first kappa shape index (κ1) is 25.3. The van der Waals surface area contributed by atoms with E-state index in [-0.39, 0.29) is 28.5 Å². The van der Waals surface area contributed by atoms with Crippen LogP contribution in [0.1, 0.15) is 53.6 Å². The molecule has 9 nitrogen and oxygen atoms in total. The second-order valence-electron chi connectivity index (χ2n) is 8.41. The Morgan fingerprint density at radius 1 is 1.11 bits per heavy atom. The lowest BCUT2D eigenvalue weighted by Gasteiger charge is -2.28. The number of allylic oxidation sites excluding steroid dienone is 1. The zero-order chi connectivity index (χ0) is 26.4. The van der Waals surface area contributed by atoms with Crippen LogP contribution in [0.25, 0.3) is 0 Å². The van der Waals surface area contributed by atoms with E-state index in [0.717, 1.165) is 30.9 Å². The standard InChI is InChI=1S/C28H25N3O6/c1-2-3-6-14-35-24-11-5-4-10-21(24)26-22-13-12-20(16-25(22)37-27(30)23(26)17-29)36-28(32)18-8-7-9-19(15-18)31(33)34/h4-5,7-13,15-16,26H,2-3,6,14,30H2,1H3. The number of nitrogens with two attached hydrogens (primary N) is 1. The summed E-state index contributed by atoms with van der Waals surface area (Å²) in [5.74, 6) is -0.222. The van der Waals surface area contributed by atoms with Crippen molar-refractivity contribution in [1.82, 2.24) is 0 Å². The molecule has 3 aromatic rings. The number of carbonyl (C=O) groups is 1. The number of esters is 1. The van der Waals surface area contributed by atoms with Crippen LogP contribution in [0.5, 0.6) is 17.2 Å². The van der Waals surface area contributed by atoms with E-state index < -0.39 is 16.8 Å². The average Bonchev–Trinajstić information content (AvgIpc) is 2.90. The van der Waals surface area contributed by atoms with Crippen LogP contribution in [-0.4, -0.2) is 17.5 Å². The second kappa shape index (κ2) is 11.3. The minimum Gasteiger partial charge on any atom is -0.493 e. The van der Waals surface area contributed by atoms with Crippen LogP contribution in [0.2, 0.25) is 0 Å². The predicted molar refractivity (Wildman–Crippen MR) is 135 cm³/mol. The molecule has 37 heavy (non-hydrogen) atoms. The van der Waals surface area contributed by atoms with Crippen molar-refractivity contribution in [2.75, 3.05) is 6.61 Å². The predicted octanol–water partition coefficient (Wildman–Crippen LogP) is 5.60. The average molecular weight is 500 g/mol. The van der Waals surface area contributed by atoms with E-state index in [4.69, 9.17) is 19.9 Å². The number of nitriles is 1. The number of benzene rings is 3. The molecular weight excluding hydrogens is 474 g/mol. The molecule has 0 bridgehead atoms. The topological polar surface area (TPSA) is 138 Å². The second-order valence-corrected chi connectivity index (χ2v) is 8.41. The first-order valence-electron chi connectivity index (χ1n) is 11.8. The number of para-hydroxylation sites is 1. The van der Waals surface area contributed by atoms with Crippen molar-refractivity contribution in [1.29, 1.82) is 5.26 Å². The van der Waals surface area contributed by atoms with E-state index in [1.165, 1.54) is 24.3 Å².